The average Bonchev–Trinajstić information content (AvgIpc) is 2.32. The van der Waals surface area contributed by atoms with Crippen LogP contribution in [-0.4, -0.2) is 37.3 Å². The molecule has 0 radical (unpaired) electrons. The van der Waals surface area contributed by atoms with Gasteiger partial charge in [0.1, 0.15) is 6.04 Å². The van der Waals surface area contributed by atoms with Gasteiger partial charge in [-0.25, -0.2) is 0 Å². The SMILES string of the molecule is Cc1ccc([C@@H](N2CCNCC2)C(F)(F)F)c(Br)c1. The van der Waals surface area contributed by atoms with E-state index < -0.39 is 12.2 Å². The van der Waals surface area contributed by atoms with Gasteiger partial charge in [0, 0.05) is 30.7 Å². The minimum absolute atomic E-state index is 0.292. The molecule has 2 nitrogen and oxygen atoms in total. The van der Waals surface area contributed by atoms with Gasteiger partial charge in [0.05, 0.1) is 0 Å². The van der Waals surface area contributed by atoms with E-state index in [1.807, 2.05) is 6.92 Å². The summed E-state index contributed by atoms with van der Waals surface area (Å²) in [7, 11) is 0. The highest BCUT2D eigenvalue weighted by atomic mass is 79.9. The largest absolute Gasteiger partial charge is 0.408 e. The average molecular weight is 337 g/mol. The fraction of sp³-hybridized carbons (Fsp3) is 0.538. The monoisotopic (exact) mass is 336 g/mol. The third-order valence-electron chi connectivity index (χ3n) is 3.28. The molecule has 0 aromatic heterocycles. The van der Waals surface area contributed by atoms with Gasteiger partial charge in [0.25, 0.3) is 0 Å². The molecular weight excluding hydrogens is 321 g/mol. The van der Waals surface area contributed by atoms with Gasteiger partial charge in [0.2, 0.25) is 0 Å². The Balaban J connectivity index is 2.36. The predicted octanol–water partition coefficient (Wildman–Crippen LogP) is 3.27. The smallest absolute Gasteiger partial charge is 0.314 e. The van der Waals surface area contributed by atoms with Crippen molar-refractivity contribution < 1.29 is 13.2 Å². The van der Waals surface area contributed by atoms with Crippen LogP contribution in [0.15, 0.2) is 22.7 Å². The molecule has 0 spiro atoms. The van der Waals surface area contributed by atoms with E-state index in [-0.39, 0.29) is 0 Å². The van der Waals surface area contributed by atoms with E-state index in [1.165, 1.54) is 4.90 Å². The van der Waals surface area contributed by atoms with Crippen molar-refractivity contribution in [1.82, 2.24) is 10.2 Å². The maximum atomic E-state index is 13.4. The van der Waals surface area contributed by atoms with E-state index in [0.717, 1.165) is 5.56 Å². The first-order chi connectivity index (χ1) is 8.89. The minimum Gasteiger partial charge on any atom is -0.314 e. The predicted molar refractivity (Wildman–Crippen MR) is 72.1 cm³/mol. The highest BCUT2D eigenvalue weighted by Gasteiger charge is 2.45. The van der Waals surface area contributed by atoms with Crippen LogP contribution in [0.5, 0.6) is 0 Å². The maximum Gasteiger partial charge on any atom is 0.408 e. The van der Waals surface area contributed by atoms with Crippen molar-refractivity contribution >= 4 is 15.9 Å². The zero-order valence-electron chi connectivity index (χ0n) is 10.6. The molecule has 0 amide bonds. The van der Waals surface area contributed by atoms with E-state index in [2.05, 4.69) is 21.2 Å². The molecule has 1 atom stereocenters. The van der Waals surface area contributed by atoms with Crippen LogP contribution in [-0.2, 0) is 0 Å². The zero-order chi connectivity index (χ0) is 14.0. The number of rotatable bonds is 2. The van der Waals surface area contributed by atoms with Gasteiger partial charge in [-0.3, -0.25) is 4.90 Å². The van der Waals surface area contributed by atoms with Crippen LogP contribution in [0.25, 0.3) is 0 Å². The van der Waals surface area contributed by atoms with Crippen LogP contribution < -0.4 is 5.32 Å². The van der Waals surface area contributed by atoms with Crippen LogP contribution in [0.1, 0.15) is 17.2 Å². The second-order valence-corrected chi connectivity index (χ2v) is 5.61. The van der Waals surface area contributed by atoms with Crippen LogP contribution in [0.4, 0.5) is 13.2 Å². The summed E-state index contributed by atoms with van der Waals surface area (Å²) in [6.07, 6.45) is -4.27. The summed E-state index contributed by atoms with van der Waals surface area (Å²) in [5.41, 5.74) is 1.23. The summed E-state index contributed by atoms with van der Waals surface area (Å²) in [5, 5.41) is 3.08. The van der Waals surface area contributed by atoms with Gasteiger partial charge < -0.3 is 5.32 Å². The number of aryl methyl sites for hydroxylation is 1. The zero-order valence-corrected chi connectivity index (χ0v) is 12.2. The third kappa shape index (κ3) is 3.49. The number of halogens is 4. The molecule has 1 heterocycles. The van der Waals surface area contributed by atoms with Gasteiger partial charge >= 0.3 is 6.18 Å². The fourth-order valence-corrected chi connectivity index (χ4v) is 3.08. The van der Waals surface area contributed by atoms with Crippen molar-refractivity contribution in [2.24, 2.45) is 0 Å². The summed E-state index contributed by atoms with van der Waals surface area (Å²) in [6, 6.07) is 3.49. The number of hydrogen-bond donors (Lipinski definition) is 1. The molecule has 1 fully saturated rings. The van der Waals surface area contributed by atoms with Gasteiger partial charge in [-0.05, 0) is 24.1 Å². The first-order valence-corrected chi connectivity index (χ1v) is 6.96. The lowest BCUT2D eigenvalue weighted by Crippen LogP contribution is -2.49. The molecule has 0 saturated carbocycles. The van der Waals surface area contributed by atoms with Crippen molar-refractivity contribution in [2.75, 3.05) is 26.2 Å². The quantitative estimate of drug-likeness (QED) is 0.891. The summed E-state index contributed by atoms with van der Waals surface area (Å²) >= 11 is 3.26. The summed E-state index contributed by atoms with van der Waals surface area (Å²) in [6.45, 7) is 3.86. The van der Waals surface area contributed by atoms with Gasteiger partial charge in [-0.2, -0.15) is 13.2 Å². The maximum absolute atomic E-state index is 13.4. The molecule has 6 heteroatoms. The molecule has 19 heavy (non-hydrogen) atoms. The lowest BCUT2D eigenvalue weighted by Gasteiger charge is -2.36. The normalized spacial score (nSPS) is 19.4. The number of hydrogen-bond acceptors (Lipinski definition) is 2. The minimum atomic E-state index is -4.27. The van der Waals surface area contributed by atoms with E-state index in [4.69, 9.17) is 0 Å². The topological polar surface area (TPSA) is 15.3 Å². The van der Waals surface area contributed by atoms with Crippen LogP contribution in [0, 0.1) is 6.92 Å². The Kier molecular flexibility index (Phi) is 4.53. The van der Waals surface area contributed by atoms with E-state index in [0.29, 0.717) is 36.2 Å². The fourth-order valence-electron chi connectivity index (χ4n) is 2.37. The molecule has 2 rings (SSSR count). The van der Waals surface area contributed by atoms with Crippen molar-refractivity contribution in [3.8, 4) is 0 Å². The van der Waals surface area contributed by atoms with Crippen molar-refractivity contribution in [3.63, 3.8) is 0 Å². The Labute approximate surface area is 119 Å². The van der Waals surface area contributed by atoms with Gasteiger partial charge in [-0.1, -0.05) is 28.1 Å². The van der Waals surface area contributed by atoms with Crippen molar-refractivity contribution in [2.45, 2.75) is 19.1 Å². The molecule has 1 saturated heterocycles. The van der Waals surface area contributed by atoms with E-state index >= 15 is 0 Å². The van der Waals surface area contributed by atoms with Crippen LogP contribution in [0.2, 0.25) is 0 Å². The Morgan fingerprint density at radius 2 is 1.89 bits per heavy atom. The van der Waals surface area contributed by atoms with Gasteiger partial charge in [0.15, 0.2) is 0 Å². The summed E-state index contributed by atoms with van der Waals surface area (Å²) in [4.78, 5) is 1.49. The Morgan fingerprint density at radius 1 is 1.26 bits per heavy atom. The van der Waals surface area contributed by atoms with Gasteiger partial charge in [-0.15, -0.1) is 0 Å². The Hall–Kier alpha value is -0.590. The molecule has 106 valence electrons. The molecule has 1 aliphatic heterocycles. The number of piperazine rings is 1. The second kappa shape index (κ2) is 5.81. The lowest BCUT2D eigenvalue weighted by molar-refractivity contribution is -0.188. The van der Waals surface area contributed by atoms with E-state index in [9.17, 15) is 13.2 Å². The highest BCUT2D eigenvalue weighted by molar-refractivity contribution is 9.10. The molecule has 1 N–H and O–H groups in total. The molecule has 0 bridgehead atoms. The first kappa shape index (κ1) is 14.8. The van der Waals surface area contributed by atoms with Crippen molar-refractivity contribution in [3.05, 3.63) is 33.8 Å². The van der Waals surface area contributed by atoms with Crippen LogP contribution in [0.3, 0.4) is 0 Å². The van der Waals surface area contributed by atoms with Crippen molar-refractivity contribution in [1.29, 1.82) is 0 Å². The number of nitrogens with zero attached hydrogens (tertiary/aromatic N) is 1. The second-order valence-electron chi connectivity index (χ2n) is 4.76. The Bertz CT molecular complexity index is 442. The summed E-state index contributed by atoms with van der Waals surface area (Å²) < 4.78 is 40.7. The molecule has 1 aromatic carbocycles. The van der Waals surface area contributed by atoms with Crippen LogP contribution >= 0.6 is 15.9 Å². The molecule has 0 unspecified atom stereocenters. The standard InChI is InChI=1S/C13H16BrF3N2/c1-9-2-3-10(11(14)8-9)12(13(15,16)17)19-6-4-18-5-7-19/h2-3,8,12,18H,4-7H2,1H3/t12-/m1/s1. The number of alkyl halides is 3. The lowest BCUT2D eigenvalue weighted by atomic mass is 10.0. The molecular formula is C13H16BrF3N2. The first-order valence-electron chi connectivity index (χ1n) is 6.17. The highest BCUT2D eigenvalue weighted by Crippen LogP contribution is 2.40. The molecule has 1 aliphatic rings. The number of benzene rings is 1. The van der Waals surface area contributed by atoms with E-state index in [1.54, 1.807) is 18.2 Å². The summed E-state index contributed by atoms with van der Waals surface area (Å²) in [5.74, 6) is 0. The molecule has 1 aromatic rings. The third-order valence-corrected chi connectivity index (χ3v) is 3.96. The molecule has 0 aliphatic carbocycles. The Morgan fingerprint density at radius 3 is 2.42 bits per heavy atom. The number of nitrogens with one attached hydrogen (secondary N) is 1.